The predicted molar refractivity (Wildman–Crippen MR) is 133 cm³/mol. The molecular weight excluding hydrogens is 440 g/mol. The van der Waals surface area contributed by atoms with E-state index < -0.39 is 0 Å². The first-order valence-corrected chi connectivity index (χ1v) is 12.4. The third-order valence-corrected chi connectivity index (χ3v) is 6.51. The van der Waals surface area contributed by atoms with Crippen LogP contribution in [0.5, 0.6) is 0 Å². The lowest BCUT2D eigenvalue weighted by Gasteiger charge is -2.09. The SMILES string of the molecule is CCCCn1nc(C(=O)NC2CCCC2)nc1Cc1ccc(-c2ccccc2-c2nn[nH]n2)cc1. The van der Waals surface area contributed by atoms with E-state index in [4.69, 9.17) is 0 Å². The van der Waals surface area contributed by atoms with Crippen LogP contribution in [0, 0.1) is 0 Å². The Bertz CT molecular complexity index is 1260. The molecule has 4 aromatic rings. The van der Waals surface area contributed by atoms with Crippen molar-refractivity contribution in [3.05, 3.63) is 65.7 Å². The van der Waals surface area contributed by atoms with Gasteiger partial charge in [0.25, 0.3) is 5.91 Å². The van der Waals surface area contributed by atoms with Crippen LogP contribution >= 0.6 is 0 Å². The molecule has 1 saturated carbocycles. The van der Waals surface area contributed by atoms with Crippen LogP contribution in [0.3, 0.4) is 0 Å². The first kappa shape index (κ1) is 22.9. The molecule has 2 aromatic carbocycles. The van der Waals surface area contributed by atoms with E-state index in [0.717, 1.165) is 60.3 Å². The number of unbranched alkanes of at least 4 members (excludes halogenated alkanes) is 1. The molecule has 1 aliphatic carbocycles. The highest BCUT2D eigenvalue weighted by Crippen LogP contribution is 2.30. The second-order valence-electron chi connectivity index (χ2n) is 9.04. The summed E-state index contributed by atoms with van der Waals surface area (Å²) < 4.78 is 1.90. The van der Waals surface area contributed by atoms with Crippen molar-refractivity contribution < 1.29 is 4.79 Å². The van der Waals surface area contributed by atoms with Crippen LogP contribution in [-0.4, -0.2) is 47.3 Å². The molecule has 2 heterocycles. The summed E-state index contributed by atoms with van der Waals surface area (Å²) in [6.07, 6.45) is 7.08. The summed E-state index contributed by atoms with van der Waals surface area (Å²) in [6, 6.07) is 16.6. The van der Waals surface area contributed by atoms with Gasteiger partial charge < -0.3 is 5.32 Å². The van der Waals surface area contributed by atoms with Crippen LogP contribution in [0.15, 0.2) is 48.5 Å². The molecule has 9 nitrogen and oxygen atoms in total. The van der Waals surface area contributed by atoms with Gasteiger partial charge in [-0.05, 0) is 41.2 Å². The van der Waals surface area contributed by atoms with Gasteiger partial charge in [-0.1, -0.05) is 74.7 Å². The highest BCUT2D eigenvalue weighted by Gasteiger charge is 2.22. The monoisotopic (exact) mass is 470 g/mol. The summed E-state index contributed by atoms with van der Waals surface area (Å²) in [6.45, 7) is 2.90. The van der Waals surface area contributed by atoms with Gasteiger partial charge in [0.2, 0.25) is 11.6 Å². The van der Waals surface area contributed by atoms with Crippen LogP contribution in [0.2, 0.25) is 0 Å². The highest BCUT2D eigenvalue weighted by molar-refractivity contribution is 5.90. The van der Waals surface area contributed by atoms with E-state index in [0.29, 0.717) is 12.2 Å². The lowest BCUT2D eigenvalue weighted by molar-refractivity contribution is 0.0927. The summed E-state index contributed by atoms with van der Waals surface area (Å²) in [7, 11) is 0. The lowest BCUT2D eigenvalue weighted by atomic mass is 9.98. The lowest BCUT2D eigenvalue weighted by Crippen LogP contribution is -2.33. The van der Waals surface area contributed by atoms with Crippen molar-refractivity contribution in [3.8, 4) is 22.5 Å². The summed E-state index contributed by atoms with van der Waals surface area (Å²) in [5.74, 6) is 1.49. The largest absolute Gasteiger partial charge is 0.347 e. The van der Waals surface area contributed by atoms with Crippen molar-refractivity contribution in [2.45, 2.75) is 64.5 Å². The molecule has 2 N–H and O–H groups in total. The number of tetrazole rings is 1. The molecule has 1 fully saturated rings. The number of nitrogens with one attached hydrogen (secondary N) is 2. The van der Waals surface area contributed by atoms with Crippen LogP contribution in [0.1, 0.15) is 67.5 Å². The highest BCUT2D eigenvalue weighted by atomic mass is 16.2. The molecule has 0 unspecified atom stereocenters. The normalized spacial score (nSPS) is 13.9. The van der Waals surface area contributed by atoms with Gasteiger partial charge in [-0.15, -0.1) is 15.3 Å². The smallest absolute Gasteiger partial charge is 0.291 e. The molecule has 0 bridgehead atoms. The fourth-order valence-electron chi connectivity index (χ4n) is 4.60. The van der Waals surface area contributed by atoms with Crippen LogP contribution in [-0.2, 0) is 13.0 Å². The molecule has 0 saturated heterocycles. The average Bonchev–Trinajstić information content (AvgIpc) is 3.66. The predicted octanol–water partition coefficient (Wildman–Crippen LogP) is 4.19. The Morgan fingerprint density at radius 3 is 2.57 bits per heavy atom. The number of carbonyl (C=O) groups excluding carboxylic acids is 1. The second-order valence-corrected chi connectivity index (χ2v) is 9.04. The van der Waals surface area contributed by atoms with Crippen molar-refractivity contribution in [2.75, 3.05) is 0 Å². The number of hydrogen-bond donors (Lipinski definition) is 2. The zero-order valence-corrected chi connectivity index (χ0v) is 19.9. The minimum Gasteiger partial charge on any atom is -0.347 e. The van der Waals surface area contributed by atoms with Gasteiger partial charge in [0.05, 0.1) is 0 Å². The maximum absolute atomic E-state index is 12.8. The van der Waals surface area contributed by atoms with E-state index in [9.17, 15) is 4.79 Å². The van der Waals surface area contributed by atoms with Crippen LogP contribution in [0.25, 0.3) is 22.5 Å². The number of aryl methyl sites for hydroxylation is 1. The zero-order valence-electron chi connectivity index (χ0n) is 19.9. The number of rotatable bonds is 9. The van der Waals surface area contributed by atoms with Crippen molar-refractivity contribution in [1.82, 2.24) is 40.7 Å². The molecule has 1 amide bonds. The first-order valence-electron chi connectivity index (χ1n) is 12.4. The van der Waals surface area contributed by atoms with Gasteiger partial charge in [-0.3, -0.25) is 4.79 Å². The number of benzene rings is 2. The quantitative estimate of drug-likeness (QED) is 0.379. The summed E-state index contributed by atoms with van der Waals surface area (Å²) in [5, 5.41) is 22.1. The molecule has 180 valence electrons. The Labute approximate surface area is 204 Å². The van der Waals surface area contributed by atoms with Crippen molar-refractivity contribution >= 4 is 5.91 Å². The Morgan fingerprint density at radius 1 is 1.09 bits per heavy atom. The summed E-state index contributed by atoms with van der Waals surface area (Å²) in [4.78, 5) is 17.4. The van der Waals surface area contributed by atoms with E-state index in [1.807, 2.05) is 22.9 Å². The fourth-order valence-corrected chi connectivity index (χ4v) is 4.60. The van der Waals surface area contributed by atoms with E-state index in [-0.39, 0.29) is 17.8 Å². The van der Waals surface area contributed by atoms with Crippen LogP contribution < -0.4 is 5.32 Å². The number of H-pyrrole nitrogens is 1. The summed E-state index contributed by atoms with van der Waals surface area (Å²) >= 11 is 0. The minimum atomic E-state index is -0.165. The van der Waals surface area contributed by atoms with Gasteiger partial charge in [-0.2, -0.15) is 5.21 Å². The Balaban J connectivity index is 1.35. The Morgan fingerprint density at radius 2 is 1.86 bits per heavy atom. The molecule has 9 heteroatoms. The number of hydrogen-bond acceptors (Lipinski definition) is 6. The fraction of sp³-hybridized carbons (Fsp3) is 0.385. The minimum absolute atomic E-state index is 0.165. The average molecular weight is 471 g/mol. The topological polar surface area (TPSA) is 114 Å². The third kappa shape index (κ3) is 5.29. The zero-order chi connectivity index (χ0) is 24.0. The molecule has 0 atom stereocenters. The number of nitrogens with zero attached hydrogens (tertiary/aromatic N) is 6. The molecule has 1 aliphatic rings. The second kappa shape index (κ2) is 10.6. The van der Waals surface area contributed by atoms with Gasteiger partial charge >= 0.3 is 0 Å². The van der Waals surface area contributed by atoms with Gasteiger partial charge in [0.1, 0.15) is 5.82 Å². The molecule has 0 aliphatic heterocycles. The number of aromatic nitrogens is 7. The van der Waals surface area contributed by atoms with Crippen molar-refractivity contribution in [3.63, 3.8) is 0 Å². The van der Waals surface area contributed by atoms with Crippen molar-refractivity contribution in [2.24, 2.45) is 0 Å². The van der Waals surface area contributed by atoms with E-state index >= 15 is 0 Å². The number of amides is 1. The maximum Gasteiger partial charge on any atom is 0.291 e. The number of aromatic amines is 1. The third-order valence-electron chi connectivity index (χ3n) is 6.51. The van der Waals surface area contributed by atoms with Gasteiger partial charge in [0, 0.05) is 24.6 Å². The standard InChI is InChI=1S/C26H30N8O/c1-2-3-16-34-23(28-25(31-34)26(35)27-20-8-4-5-9-20)17-18-12-14-19(15-13-18)21-10-6-7-11-22(21)24-29-32-33-30-24/h6-7,10-15,20H,2-5,8-9,16-17H2,1H3,(H,27,35)(H,29,30,32,33). The Kier molecular flexibility index (Phi) is 6.92. The molecule has 0 spiro atoms. The molecule has 0 radical (unpaired) electrons. The molecule has 2 aromatic heterocycles. The van der Waals surface area contributed by atoms with E-state index in [1.165, 1.54) is 12.8 Å². The van der Waals surface area contributed by atoms with Crippen LogP contribution in [0.4, 0.5) is 0 Å². The number of carbonyl (C=O) groups is 1. The van der Waals surface area contributed by atoms with E-state index in [2.05, 4.69) is 73.3 Å². The molecule has 35 heavy (non-hydrogen) atoms. The van der Waals surface area contributed by atoms with Gasteiger partial charge in [-0.25, -0.2) is 9.67 Å². The molecule has 5 rings (SSSR count). The van der Waals surface area contributed by atoms with Crippen molar-refractivity contribution in [1.29, 1.82) is 0 Å². The first-order chi connectivity index (χ1) is 17.2. The van der Waals surface area contributed by atoms with E-state index in [1.54, 1.807) is 0 Å². The maximum atomic E-state index is 12.8. The molecular formula is C26H30N8O. The Hall–Kier alpha value is -3.88. The summed E-state index contributed by atoms with van der Waals surface area (Å²) in [5.41, 5.74) is 4.14. The van der Waals surface area contributed by atoms with Gasteiger partial charge in [0.15, 0.2) is 0 Å².